The fraction of sp³-hybridized carbons (Fsp3) is 0.519. The van der Waals surface area contributed by atoms with Crippen LogP contribution in [-0.4, -0.2) is 5.78 Å². The molecule has 6 rings (SSSR count). The van der Waals surface area contributed by atoms with Gasteiger partial charge in [0.05, 0.1) is 0 Å². The third-order valence-electron chi connectivity index (χ3n) is 8.91. The van der Waals surface area contributed by atoms with E-state index >= 15 is 0 Å². The summed E-state index contributed by atoms with van der Waals surface area (Å²) in [7, 11) is 0. The quantitative estimate of drug-likeness (QED) is 0.614. The lowest BCUT2D eigenvalue weighted by Gasteiger charge is -2.48. The molecule has 4 aliphatic carbocycles. The number of carbonyl (C=O) groups excluding carboxylic acids is 1. The maximum absolute atomic E-state index is 14.0. The van der Waals surface area contributed by atoms with Crippen molar-refractivity contribution in [2.24, 2.45) is 35.5 Å². The van der Waals surface area contributed by atoms with Crippen molar-refractivity contribution < 1.29 is 4.79 Å². The fourth-order valence-electron chi connectivity index (χ4n) is 8.16. The second-order valence-corrected chi connectivity index (χ2v) is 9.93. The van der Waals surface area contributed by atoms with Crippen molar-refractivity contribution >= 4 is 5.78 Å². The summed E-state index contributed by atoms with van der Waals surface area (Å²) in [6, 6.07) is 21.5. The van der Waals surface area contributed by atoms with Crippen LogP contribution >= 0.6 is 0 Å². The third kappa shape index (κ3) is 2.41. The minimum atomic E-state index is 0.110. The number of hydrogen-bond donors (Lipinski definition) is 0. The van der Waals surface area contributed by atoms with Crippen molar-refractivity contribution in [2.45, 2.75) is 50.4 Å². The summed E-state index contributed by atoms with van der Waals surface area (Å²) in [5, 5.41) is 0. The highest BCUT2D eigenvalue weighted by molar-refractivity contribution is 5.95. The van der Waals surface area contributed by atoms with E-state index < -0.39 is 0 Å². The predicted octanol–water partition coefficient (Wildman–Crippen LogP) is 6.22. The molecule has 0 aliphatic heterocycles. The van der Waals surface area contributed by atoms with Crippen LogP contribution in [-0.2, 0) is 4.79 Å². The van der Waals surface area contributed by atoms with Crippen LogP contribution in [0.5, 0.6) is 0 Å². The maximum Gasteiger partial charge on any atom is 0.148 e. The third-order valence-corrected chi connectivity index (χ3v) is 8.91. The molecule has 0 radical (unpaired) electrons. The number of hydrogen-bond acceptors (Lipinski definition) is 1. The summed E-state index contributed by atoms with van der Waals surface area (Å²) in [6.07, 6.45) is 8.35. The lowest BCUT2D eigenvalue weighted by molar-refractivity contribution is -0.120. The molecule has 2 aromatic carbocycles. The zero-order chi connectivity index (χ0) is 18.7. The Hall–Kier alpha value is -1.89. The van der Waals surface area contributed by atoms with E-state index in [1.165, 1.54) is 49.7 Å². The lowest BCUT2D eigenvalue weighted by atomic mass is 9.56. The van der Waals surface area contributed by atoms with Crippen molar-refractivity contribution in [1.82, 2.24) is 0 Å². The van der Waals surface area contributed by atoms with Gasteiger partial charge in [0.25, 0.3) is 0 Å². The van der Waals surface area contributed by atoms with Crippen LogP contribution in [0.4, 0.5) is 0 Å². The summed E-state index contributed by atoms with van der Waals surface area (Å²) in [5.41, 5.74) is 2.54. The molecule has 2 aromatic rings. The Morgan fingerprint density at radius 2 is 1.25 bits per heavy atom. The van der Waals surface area contributed by atoms with E-state index in [4.69, 9.17) is 0 Å². The average Bonchev–Trinajstić information content (AvgIpc) is 3.29. The van der Waals surface area contributed by atoms with Crippen LogP contribution in [0.15, 0.2) is 60.7 Å². The molecule has 4 saturated carbocycles. The van der Waals surface area contributed by atoms with Gasteiger partial charge in [0.2, 0.25) is 0 Å². The van der Waals surface area contributed by atoms with Crippen molar-refractivity contribution in [3.8, 4) is 0 Å². The second-order valence-electron chi connectivity index (χ2n) is 9.93. The van der Waals surface area contributed by atoms with Gasteiger partial charge >= 0.3 is 0 Å². The number of rotatable bonds is 2. The molecule has 0 saturated heterocycles. The molecular formula is C27H30O. The van der Waals surface area contributed by atoms with Gasteiger partial charge in [-0.1, -0.05) is 79.9 Å². The molecule has 144 valence electrons. The first-order chi connectivity index (χ1) is 13.8. The zero-order valence-corrected chi connectivity index (χ0v) is 16.5. The van der Waals surface area contributed by atoms with Crippen LogP contribution in [0.25, 0.3) is 0 Å². The number of Topliss-reactive ketones (excluding diaryl/α,β-unsaturated/α-hetero) is 1. The van der Waals surface area contributed by atoms with Crippen LogP contribution in [0, 0.1) is 35.5 Å². The molecule has 0 bridgehead atoms. The number of ketones is 1. The Labute approximate surface area is 168 Å². The van der Waals surface area contributed by atoms with Gasteiger partial charge in [-0.2, -0.15) is 0 Å². The minimum absolute atomic E-state index is 0.110. The molecule has 4 aliphatic rings. The highest BCUT2D eigenvalue weighted by Gasteiger charge is 2.61. The van der Waals surface area contributed by atoms with Gasteiger partial charge < -0.3 is 0 Å². The highest BCUT2D eigenvalue weighted by atomic mass is 16.1. The van der Waals surface area contributed by atoms with Gasteiger partial charge in [-0.05, 0) is 65.9 Å². The number of fused-ring (bicyclic) bond motifs is 2. The van der Waals surface area contributed by atoms with Crippen LogP contribution < -0.4 is 0 Å². The fourth-order valence-corrected chi connectivity index (χ4v) is 8.16. The van der Waals surface area contributed by atoms with Gasteiger partial charge in [0.1, 0.15) is 5.78 Å². The number of carbonyl (C=O) groups is 1. The van der Waals surface area contributed by atoms with E-state index in [0.29, 0.717) is 17.6 Å². The first-order valence-corrected chi connectivity index (χ1v) is 11.5. The minimum Gasteiger partial charge on any atom is -0.298 e. The van der Waals surface area contributed by atoms with E-state index in [-0.39, 0.29) is 11.8 Å². The normalized spacial score (nSPS) is 41.5. The smallest absolute Gasteiger partial charge is 0.148 e. The van der Waals surface area contributed by atoms with Crippen LogP contribution in [0.3, 0.4) is 0 Å². The van der Waals surface area contributed by atoms with Crippen LogP contribution in [0.1, 0.15) is 61.5 Å². The first kappa shape index (κ1) is 17.0. The average molecular weight is 371 g/mol. The standard InChI is InChI=1S/C27H30O/c28-27-24(17-8-3-1-4-9-17)22-16-20-13-7-12-19-14-15-21(23(19)20)26(22)25(27)18-10-5-2-6-11-18/h1-6,8-11,19-26H,7,12-16H2. The maximum atomic E-state index is 14.0. The van der Waals surface area contributed by atoms with Crippen molar-refractivity contribution in [2.75, 3.05) is 0 Å². The summed E-state index contributed by atoms with van der Waals surface area (Å²) in [4.78, 5) is 14.0. The largest absolute Gasteiger partial charge is 0.298 e. The molecule has 0 heterocycles. The van der Waals surface area contributed by atoms with E-state index in [9.17, 15) is 4.79 Å². The van der Waals surface area contributed by atoms with Gasteiger partial charge in [-0.15, -0.1) is 0 Å². The number of benzene rings is 2. The van der Waals surface area contributed by atoms with Gasteiger partial charge in [-0.25, -0.2) is 0 Å². The Morgan fingerprint density at radius 1 is 0.607 bits per heavy atom. The predicted molar refractivity (Wildman–Crippen MR) is 112 cm³/mol. The molecule has 1 nitrogen and oxygen atoms in total. The Balaban J connectivity index is 1.47. The SMILES string of the molecule is O=C1C(c2ccccc2)C2CC3CCCC4CCC(C43)C2C1c1ccccc1. The molecule has 1 heteroatoms. The highest BCUT2D eigenvalue weighted by Crippen LogP contribution is 2.66. The van der Waals surface area contributed by atoms with Crippen LogP contribution in [0.2, 0.25) is 0 Å². The molecule has 0 N–H and O–H groups in total. The van der Waals surface area contributed by atoms with Gasteiger partial charge in [-0.3, -0.25) is 4.79 Å². The molecule has 0 aromatic heterocycles. The lowest BCUT2D eigenvalue weighted by Crippen LogP contribution is -2.41. The van der Waals surface area contributed by atoms with E-state index in [0.717, 1.165) is 23.7 Å². The summed E-state index contributed by atoms with van der Waals surface area (Å²) in [5.74, 6) is 5.34. The molecule has 8 atom stereocenters. The van der Waals surface area contributed by atoms with E-state index in [1.807, 2.05) is 0 Å². The summed E-state index contributed by atoms with van der Waals surface area (Å²) >= 11 is 0. The molecule has 0 spiro atoms. The van der Waals surface area contributed by atoms with Crippen molar-refractivity contribution in [1.29, 1.82) is 0 Å². The summed E-state index contributed by atoms with van der Waals surface area (Å²) in [6.45, 7) is 0. The van der Waals surface area contributed by atoms with E-state index in [1.54, 1.807) is 0 Å². The second kappa shape index (κ2) is 6.58. The van der Waals surface area contributed by atoms with E-state index in [2.05, 4.69) is 60.7 Å². The van der Waals surface area contributed by atoms with Gasteiger partial charge in [0, 0.05) is 11.8 Å². The molecular weight excluding hydrogens is 340 g/mol. The molecule has 0 amide bonds. The van der Waals surface area contributed by atoms with Gasteiger partial charge in [0.15, 0.2) is 0 Å². The Kier molecular flexibility index (Phi) is 4.00. The monoisotopic (exact) mass is 370 g/mol. The topological polar surface area (TPSA) is 17.1 Å². The Bertz CT molecular complexity index is 856. The summed E-state index contributed by atoms with van der Waals surface area (Å²) < 4.78 is 0. The zero-order valence-electron chi connectivity index (χ0n) is 16.5. The molecule has 4 fully saturated rings. The van der Waals surface area contributed by atoms with Crippen molar-refractivity contribution in [3.63, 3.8) is 0 Å². The molecule has 8 unspecified atom stereocenters. The van der Waals surface area contributed by atoms with Crippen molar-refractivity contribution in [3.05, 3.63) is 71.8 Å². The first-order valence-electron chi connectivity index (χ1n) is 11.5. The Morgan fingerprint density at radius 3 is 1.96 bits per heavy atom. The molecule has 28 heavy (non-hydrogen) atoms.